The van der Waals surface area contributed by atoms with E-state index >= 15 is 0 Å². The lowest BCUT2D eigenvalue weighted by atomic mass is 9.85. The molecule has 0 aliphatic carbocycles. The van der Waals surface area contributed by atoms with Crippen LogP contribution in [0.3, 0.4) is 0 Å². The first-order valence-corrected chi connectivity index (χ1v) is 45.3. The van der Waals surface area contributed by atoms with Gasteiger partial charge >= 0.3 is 0 Å². The van der Waals surface area contributed by atoms with E-state index in [9.17, 15) is 0 Å². The molecule has 21 aromatic rings. The van der Waals surface area contributed by atoms with Crippen molar-refractivity contribution in [2.75, 3.05) is 0 Å². The molecule has 0 saturated heterocycles. The van der Waals surface area contributed by atoms with E-state index in [2.05, 4.69) is 553 Å². The Morgan fingerprint density at radius 2 is 0.446 bits per heavy atom. The second-order valence-corrected chi connectivity index (χ2v) is 35.7. The molecular formula is C122H112N8+4. The zero-order valence-corrected chi connectivity index (χ0v) is 77.0. The molecule has 0 unspecified atom stereocenters. The number of nitrogens with zero attached hydrogens (tertiary/aromatic N) is 8. The van der Waals surface area contributed by atoms with Crippen LogP contribution in [-0.4, -0.2) is 18.3 Å². The highest BCUT2D eigenvalue weighted by Gasteiger charge is 2.33. The Morgan fingerprint density at radius 1 is 0.215 bits per heavy atom. The summed E-state index contributed by atoms with van der Waals surface area (Å²) in [4.78, 5) is 0. The van der Waals surface area contributed by atoms with E-state index in [4.69, 9.17) is 0 Å². The van der Waals surface area contributed by atoms with Crippen molar-refractivity contribution in [2.24, 2.45) is 28.2 Å². The summed E-state index contributed by atoms with van der Waals surface area (Å²) < 4.78 is 18.8. The Morgan fingerprint density at radius 3 is 0.715 bits per heavy atom. The molecule has 0 atom stereocenters. The molecule has 0 spiro atoms. The summed E-state index contributed by atoms with van der Waals surface area (Å²) in [6.07, 6.45) is 0. The van der Waals surface area contributed by atoms with Crippen LogP contribution in [0.15, 0.2) is 419 Å². The van der Waals surface area contributed by atoms with Crippen LogP contribution in [0.4, 0.5) is 0 Å². The minimum Gasteiger partial charge on any atom is -0.225 e. The fourth-order valence-electron chi connectivity index (χ4n) is 18.7. The largest absolute Gasteiger partial charge is 0.295 e. The van der Waals surface area contributed by atoms with Crippen LogP contribution in [0, 0.1) is 34.6 Å². The van der Waals surface area contributed by atoms with Gasteiger partial charge in [0, 0.05) is 0 Å². The number of aromatic nitrogens is 8. The van der Waals surface area contributed by atoms with Gasteiger partial charge in [0.15, 0.2) is 44.1 Å². The average molecular weight is 1690 g/mol. The average Bonchev–Trinajstić information content (AvgIpc) is 1.61. The Labute approximate surface area is 765 Å². The van der Waals surface area contributed by atoms with Gasteiger partial charge < -0.3 is 0 Å². The standard InChI is InChI=1S/C33H27N2.C31H31N2.C30H29N2.C28H25N2/c1-24-23-28(26-13-7-4-8-14-26)19-22-30(24)33-34(2)31-15-9-10-16-32(31)35(33)29-20-17-27(18-21-29)25-11-5-3-6-12-25;1-22-21-25(31(2,3)4)17-20-27(22)30-32(5)28-13-9-10-14-29(28)33(30)26-18-15-24(16-19-26)23-11-7-6-8-12-23;1-21(2)25-16-19-27(22(3)20-25)30-31(4)28-12-8-9-13-29(28)32(30)26-17-14-24(15-18-26)23-10-6-5-7-11-23;1-20-13-18-25(21(2)19-20)28-29(3)26-11-7-8-12-27(26)30(28)24-16-14-23(15-17-24)22-9-5-4-6-10-22/h3-23H,1-2H3;6-21H,1-5H3;5-21H,1-4H3;4-19H,1-3H3/q4*+1. The molecule has 0 fully saturated rings. The van der Waals surface area contributed by atoms with Crippen LogP contribution in [0.5, 0.6) is 0 Å². The predicted molar refractivity (Wildman–Crippen MR) is 543 cm³/mol. The van der Waals surface area contributed by atoms with Crippen LogP contribution >= 0.6 is 0 Å². The zero-order valence-electron chi connectivity index (χ0n) is 77.0. The first kappa shape index (κ1) is 85.4. The maximum atomic E-state index is 2.39. The Hall–Kier alpha value is -15.4. The van der Waals surface area contributed by atoms with Crippen molar-refractivity contribution in [3.05, 3.63) is 458 Å². The highest BCUT2D eigenvalue weighted by atomic mass is 15.2. The molecule has 0 radical (unpaired) electrons. The fourth-order valence-corrected chi connectivity index (χ4v) is 18.7. The molecular weight excluding hydrogens is 1580 g/mol. The van der Waals surface area contributed by atoms with Gasteiger partial charge in [-0.2, -0.15) is 18.3 Å². The van der Waals surface area contributed by atoms with E-state index in [0.29, 0.717) is 5.92 Å². The first-order chi connectivity index (χ1) is 63.2. The molecule has 0 N–H and O–H groups in total. The molecule has 17 aromatic carbocycles. The van der Waals surface area contributed by atoms with E-state index < -0.39 is 0 Å². The molecule has 21 rings (SSSR count). The van der Waals surface area contributed by atoms with Gasteiger partial charge in [0.05, 0.1) is 50.4 Å². The minimum absolute atomic E-state index is 0.130. The Bertz CT molecular complexity index is 7620. The fraction of sp³-hybridized carbons (Fsp3) is 0.131. The van der Waals surface area contributed by atoms with E-state index in [-0.39, 0.29) is 5.41 Å². The highest BCUT2D eigenvalue weighted by molar-refractivity contribution is 5.86. The number of fused-ring (bicyclic) bond motifs is 4. The van der Waals surface area contributed by atoms with E-state index in [0.717, 1.165) is 5.69 Å². The topological polar surface area (TPSA) is 35.2 Å². The molecule has 636 valence electrons. The van der Waals surface area contributed by atoms with Crippen molar-refractivity contribution < 1.29 is 18.3 Å². The lowest BCUT2D eigenvalue weighted by Gasteiger charge is -2.20. The maximum absolute atomic E-state index is 2.39. The van der Waals surface area contributed by atoms with E-state index in [1.165, 1.54) is 201 Å². The molecule has 0 bridgehead atoms. The van der Waals surface area contributed by atoms with E-state index in [1.807, 2.05) is 0 Å². The number of rotatable bonds is 14. The van der Waals surface area contributed by atoms with Crippen molar-refractivity contribution in [1.29, 1.82) is 0 Å². The summed E-state index contributed by atoms with van der Waals surface area (Å²) in [5.74, 6) is 5.29. The molecule has 130 heavy (non-hydrogen) atoms. The smallest absolute Gasteiger partial charge is 0.225 e. The molecule has 4 heterocycles. The summed E-state index contributed by atoms with van der Waals surface area (Å²) in [6, 6.07) is 150. The van der Waals surface area contributed by atoms with E-state index in [1.54, 1.807) is 0 Å². The molecule has 4 aromatic heterocycles. The number of aryl methyl sites for hydroxylation is 9. The van der Waals surface area contributed by atoms with Crippen molar-refractivity contribution in [1.82, 2.24) is 18.3 Å². The van der Waals surface area contributed by atoms with Gasteiger partial charge in [0.25, 0.3) is 23.3 Å². The summed E-state index contributed by atoms with van der Waals surface area (Å²) in [6.45, 7) is 22.3. The van der Waals surface area contributed by atoms with Crippen molar-refractivity contribution in [3.63, 3.8) is 0 Å². The summed E-state index contributed by atoms with van der Waals surface area (Å²) in [5.41, 5.74) is 41.0. The molecule has 0 aliphatic rings. The first-order valence-electron chi connectivity index (χ1n) is 45.3. The summed E-state index contributed by atoms with van der Waals surface area (Å²) in [5, 5.41) is 0. The van der Waals surface area contributed by atoms with Gasteiger partial charge in [-0.15, -0.1) is 0 Å². The van der Waals surface area contributed by atoms with Gasteiger partial charge in [0.1, 0.15) is 22.7 Å². The van der Waals surface area contributed by atoms with Gasteiger partial charge in [-0.3, -0.25) is 0 Å². The SMILES string of the molecule is Cc1cc(-c2ccccc2)ccc1-c1n(-c2ccc(-c3ccccc3)cc2)c2ccccc2[n+]1C.Cc1cc(C(C)(C)C)ccc1-c1n(-c2ccc(-c3ccccc3)cc2)c2ccccc2[n+]1C.Cc1cc(C(C)C)ccc1-c1n(-c2ccc(-c3ccccc3)cc2)c2ccccc2[n+]1C.Cc1ccc(-c2n(-c3ccc(-c4ccccc4)cc3)c3ccccc3[n+]2C)c(C)c1. The number of imidazole rings is 4. The molecule has 8 nitrogen and oxygen atoms in total. The predicted octanol–water partition coefficient (Wildman–Crippen LogP) is 28.8. The van der Waals surface area contributed by atoms with Crippen molar-refractivity contribution in [2.45, 2.75) is 80.6 Å². The van der Waals surface area contributed by atoms with Crippen LogP contribution in [0.25, 0.3) is 168 Å². The lowest BCUT2D eigenvalue weighted by Crippen LogP contribution is -2.30. The van der Waals surface area contributed by atoms with Gasteiger partial charge in [0.2, 0.25) is 0 Å². The molecule has 0 amide bonds. The van der Waals surface area contributed by atoms with Gasteiger partial charge in [-0.25, -0.2) is 18.3 Å². The highest BCUT2D eigenvalue weighted by Crippen LogP contribution is 2.39. The van der Waals surface area contributed by atoms with Crippen molar-refractivity contribution in [3.8, 4) is 124 Å². The van der Waals surface area contributed by atoms with Crippen LogP contribution < -0.4 is 18.3 Å². The number of benzene rings is 17. The monoisotopic (exact) mass is 1690 g/mol. The molecule has 8 heteroatoms. The van der Waals surface area contributed by atoms with Crippen LogP contribution in [0.2, 0.25) is 0 Å². The van der Waals surface area contributed by atoms with Gasteiger partial charge in [-0.05, 0) is 256 Å². The second kappa shape index (κ2) is 36.9. The molecule has 0 saturated carbocycles. The van der Waals surface area contributed by atoms with Gasteiger partial charge in [-0.1, -0.05) is 337 Å². The van der Waals surface area contributed by atoms with Crippen LogP contribution in [-0.2, 0) is 33.6 Å². The molecule has 0 aliphatic heterocycles. The third kappa shape index (κ3) is 17.1. The quantitative estimate of drug-likeness (QED) is 0.0973. The third-order valence-corrected chi connectivity index (χ3v) is 25.7. The summed E-state index contributed by atoms with van der Waals surface area (Å²) >= 11 is 0. The third-order valence-electron chi connectivity index (χ3n) is 25.7. The Balaban J connectivity index is 0.000000117. The number of hydrogen-bond acceptors (Lipinski definition) is 0. The zero-order chi connectivity index (χ0) is 89.8. The number of hydrogen-bond donors (Lipinski definition) is 0. The maximum Gasteiger partial charge on any atom is 0.295 e. The minimum atomic E-state index is 0.130. The number of para-hydroxylation sites is 8. The summed E-state index contributed by atoms with van der Waals surface area (Å²) in [7, 11) is 8.66. The lowest BCUT2D eigenvalue weighted by molar-refractivity contribution is -0.634. The normalized spacial score (nSPS) is 11.4. The second-order valence-electron chi connectivity index (χ2n) is 35.7. The Kier molecular flexibility index (Phi) is 24.2. The van der Waals surface area contributed by atoms with Crippen LogP contribution in [0.1, 0.15) is 79.5 Å². The van der Waals surface area contributed by atoms with Crippen molar-refractivity contribution >= 4 is 44.1 Å².